The number of hydrogen-bond acceptors (Lipinski definition) is 4. The summed E-state index contributed by atoms with van der Waals surface area (Å²) in [6.45, 7) is 0. The lowest BCUT2D eigenvalue weighted by atomic mass is 9.80. The van der Waals surface area contributed by atoms with E-state index in [1.807, 2.05) is 13.1 Å². The van der Waals surface area contributed by atoms with Gasteiger partial charge in [-0.2, -0.15) is 10.4 Å². The minimum atomic E-state index is -1.39. The first kappa shape index (κ1) is 17.6. The van der Waals surface area contributed by atoms with Gasteiger partial charge in [0.25, 0.3) is 0 Å². The van der Waals surface area contributed by atoms with Crippen molar-refractivity contribution >= 4 is 11.6 Å². The van der Waals surface area contributed by atoms with Crippen LogP contribution in [0, 0.1) is 17.2 Å². The first-order valence-electron chi connectivity index (χ1n) is 9.84. The molecule has 0 bridgehead atoms. The number of Topliss-reactive ketones (excluding diaryl/α,β-unsaturated/α-hetero) is 2. The molecule has 142 valence electrons. The van der Waals surface area contributed by atoms with E-state index in [2.05, 4.69) is 23.3 Å². The molecule has 3 aromatic rings. The topological polar surface area (TPSA) is 75.8 Å². The third-order valence-electron chi connectivity index (χ3n) is 6.12. The van der Waals surface area contributed by atoms with Crippen LogP contribution in [0.25, 0.3) is 11.3 Å². The lowest BCUT2D eigenvalue weighted by molar-refractivity contribution is 0.0841. The molecule has 0 fully saturated rings. The van der Waals surface area contributed by atoms with Crippen LogP contribution >= 0.6 is 0 Å². The molecule has 5 rings (SSSR count). The monoisotopic (exact) mass is 381 g/mol. The van der Waals surface area contributed by atoms with Gasteiger partial charge in [-0.1, -0.05) is 48.5 Å². The van der Waals surface area contributed by atoms with Crippen LogP contribution < -0.4 is 0 Å². The van der Waals surface area contributed by atoms with Crippen molar-refractivity contribution < 1.29 is 9.59 Å². The van der Waals surface area contributed by atoms with Gasteiger partial charge in [-0.3, -0.25) is 14.3 Å². The molecular formula is C24H19N3O2. The van der Waals surface area contributed by atoms with Gasteiger partial charge in [0.15, 0.2) is 11.7 Å². The average Bonchev–Trinajstić information content (AvgIpc) is 3.27. The summed E-state index contributed by atoms with van der Waals surface area (Å²) in [4.78, 5) is 26.2. The van der Waals surface area contributed by atoms with Crippen molar-refractivity contribution in [2.24, 2.45) is 13.0 Å². The summed E-state index contributed by atoms with van der Waals surface area (Å²) in [5.74, 6) is -2.25. The summed E-state index contributed by atoms with van der Waals surface area (Å²) >= 11 is 0. The Hall–Kier alpha value is -3.52. The maximum absolute atomic E-state index is 13.4. The van der Waals surface area contributed by atoms with E-state index < -0.39 is 17.5 Å². The molecule has 5 heteroatoms. The van der Waals surface area contributed by atoms with E-state index in [0.29, 0.717) is 5.56 Å². The first-order valence-corrected chi connectivity index (χ1v) is 9.84. The van der Waals surface area contributed by atoms with Gasteiger partial charge < -0.3 is 0 Å². The number of benzene rings is 2. The van der Waals surface area contributed by atoms with Crippen LogP contribution in [-0.4, -0.2) is 21.3 Å². The number of carbonyl (C=O) groups is 2. The Balaban J connectivity index is 1.61. The van der Waals surface area contributed by atoms with Crippen molar-refractivity contribution in [2.45, 2.75) is 25.2 Å². The standard InChI is InChI=1S/C24H19N3O2/c1-27-22-17-12-6-10-14-9-5-11-16(19(14)17)20(22)21(26-27)24(29)18(13-25)23(28)15-7-3-2-4-8-15/h2-4,6-8,10,12,16,18H,5,9,11H2,1H3. The molecule has 0 saturated heterocycles. The van der Waals surface area contributed by atoms with E-state index in [4.69, 9.17) is 0 Å². The van der Waals surface area contributed by atoms with E-state index in [0.717, 1.165) is 36.1 Å². The molecule has 1 aromatic heterocycles. The van der Waals surface area contributed by atoms with Gasteiger partial charge in [-0.25, -0.2) is 0 Å². The number of aryl methyl sites for hydroxylation is 2. The highest BCUT2D eigenvalue weighted by Gasteiger charge is 2.41. The van der Waals surface area contributed by atoms with Gasteiger partial charge >= 0.3 is 0 Å². The fourth-order valence-electron chi connectivity index (χ4n) is 4.89. The van der Waals surface area contributed by atoms with Gasteiger partial charge in [-0.15, -0.1) is 0 Å². The van der Waals surface area contributed by atoms with Crippen LogP contribution in [0.4, 0.5) is 0 Å². The third-order valence-corrected chi connectivity index (χ3v) is 6.12. The van der Waals surface area contributed by atoms with E-state index in [9.17, 15) is 14.9 Å². The first-order chi connectivity index (χ1) is 14.1. The summed E-state index contributed by atoms with van der Waals surface area (Å²) in [5.41, 5.74) is 6.21. The Morgan fingerprint density at radius 2 is 1.90 bits per heavy atom. The predicted molar refractivity (Wildman–Crippen MR) is 108 cm³/mol. The average molecular weight is 381 g/mol. The van der Waals surface area contributed by atoms with Crippen molar-refractivity contribution in [3.63, 3.8) is 0 Å². The quantitative estimate of drug-likeness (QED) is 0.504. The maximum Gasteiger partial charge on any atom is 0.208 e. The summed E-state index contributed by atoms with van der Waals surface area (Å²) in [7, 11) is 1.83. The van der Waals surface area contributed by atoms with Gasteiger partial charge in [0.05, 0.1) is 11.8 Å². The molecule has 0 aliphatic heterocycles. The van der Waals surface area contributed by atoms with Gasteiger partial charge in [-0.05, 0) is 30.4 Å². The highest BCUT2D eigenvalue weighted by Crippen LogP contribution is 2.52. The largest absolute Gasteiger partial charge is 0.292 e. The normalized spacial score (nSPS) is 17.2. The number of hydrogen-bond donors (Lipinski definition) is 0. The lowest BCUT2D eigenvalue weighted by Crippen LogP contribution is -2.25. The van der Waals surface area contributed by atoms with Crippen LogP contribution in [0.2, 0.25) is 0 Å². The lowest BCUT2D eigenvalue weighted by Gasteiger charge is -2.22. The Labute approximate surface area is 168 Å². The van der Waals surface area contributed by atoms with Gasteiger partial charge in [0.2, 0.25) is 5.78 Å². The van der Waals surface area contributed by atoms with Gasteiger partial charge in [0, 0.05) is 29.7 Å². The second-order valence-electron chi connectivity index (χ2n) is 7.71. The Bertz CT molecular complexity index is 1200. The molecule has 2 aliphatic carbocycles. The van der Waals surface area contributed by atoms with Crippen LogP contribution in [0.1, 0.15) is 56.3 Å². The zero-order valence-electron chi connectivity index (χ0n) is 16.1. The van der Waals surface area contributed by atoms with Crippen molar-refractivity contribution in [1.29, 1.82) is 5.26 Å². The Morgan fingerprint density at radius 1 is 1.10 bits per heavy atom. The molecule has 0 spiro atoms. The van der Waals surface area contributed by atoms with E-state index in [1.165, 1.54) is 11.1 Å². The van der Waals surface area contributed by atoms with Crippen molar-refractivity contribution in [2.75, 3.05) is 0 Å². The second-order valence-corrected chi connectivity index (χ2v) is 7.71. The Morgan fingerprint density at radius 3 is 2.66 bits per heavy atom. The zero-order valence-corrected chi connectivity index (χ0v) is 16.1. The molecule has 2 unspecified atom stereocenters. The fourth-order valence-corrected chi connectivity index (χ4v) is 4.89. The Kier molecular flexibility index (Phi) is 3.95. The second kappa shape index (κ2) is 6.52. The summed E-state index contributed by atoms with van der Waals surface area (Å²) in [5, 5.41) is 14.2. The minimum Gasteiger partial charge on any atom is -0.292 e. The van der Waals surface area contributed by atoms with E-state index in [1.54, 1.807) is 35.0 Å². The predicted octanol–water partition coefficient (Wildman–Crippen LogP) is 4.07. The van der Waals surface area contributed by atoms with Crippen molar-refractivity contribution in [3.05, 3.63) is 76.5 Å². The highest BCUT2D eigenvalue weighted by molar-refractivity contribution is 6.18. The van der Waals surface area contributed by atoms with E-state index >= 15 is 0 Å². The van der Waals surface area contributed by atoms with Crippen molar-refractivity contribution in [1.82, 2.24) is 9.78 Å². The summed E-state index contributed by atoms with van der Waals surface area (Å²) in [6, 6.07) is 16.7. The molecule has 2 atom stereocenters. The van der Waals surface area contributed by atoms with Crippen LogP contribution in [0.5, 0.6) is 0 Å². The zero-order chi connectivity index (χ0) is 20.1. The fraction of sp³-hybridized carbons (Fsp3) is 0.250. The number of rotatable bonds is 4. The minimum absolute atomic E-state index is 0.115. The number of carbonyl (C=O) groups excluding carboxylic acids is 2. The molecule has 2 aliphatic rings. The van der Waals surface area contributed by atoms with Gasteiger partial charge in [0.1, 0.15) is 5.69 Å². The number of nitriles is 1. The molecule has 5 nitrogen and oxygen atoms in total. The number of fused-ring (bicyclic) bond motifs is 3. The molecule has 29 heavy (non-hydrogen) atoms. The molecule has 0 amide bonds. The highest BCUT2D eigenvalue weighted by atomic mass is 16.2. The summed E-state index contributed by atoms with van der Waals surface area (Å²) < 4.78 is 1.73. The maximum atomic E-state index is 13.4. The van der Waals surface area contributed by atoms with E-state index in [-0.39, 0.29) is 11.6 Å². The molecule has 2 aromatic carbocycles. The number of ketones is 2. The number of aromatic nitrogens is 2. The summed E-state index contributed by atoms with van der Waals surface area (Å²) in [6.07, 6.45) is 3.04. The van der Waals surface area contributed by atoms with Crippen LogP contribution in [-0.2, 0) is 13.5 Å². The van der Waals surface area contributed by atoms with Crippen molar-refractivity contribution in [3.8, 4) is 17.3 Å². The SMILES string of the molecule is Cn1nc(C(=O)C(C#N)C(=O)c2ccccc2)c2c1-c1cccc3c1C2CCC3. The van der Waals surface area contributed by atoms with Crippen LogP contribution in [0.3, 0.4) is 0 Å². The molecule has 0 radical (unpaired) electrons. The van der Waals surface area contributed by atoms with Crippen LogP contribution in [0.15, 0.2) is 48.5 Å². The smallest absolute Gasteiger partial charge is 0.208 e. The molecular weight excluding hydrogens is 362 g/mol. The third kappa shape index (κ3) is 2.49. The molecule has 0 N–H and O–H groups in total. The molecule has 1 heterocycles. The molecule has 0 saturated carbocycles. The number of nitrogens with zero attached hydrogens (tertiary/aromatic N) is 3.